The standard InChI is InChI=1S/C10H13ClFNO2S/c1-7(6-16(2,14)15)13-9-5-3-4-8(11)10(9)12/h3-5,7,13H,6H2,1-2H3. The van der Waals surface area contributed by atoms with Gasteiger partial charge in [0.2, 0.25) is 0 Å². The third-order valence-electron chi connectivity index (χ3n) is 1.91. The van der Waals surface area contributed by atoms with Crippen LogP contribution in [0.25, 0.3) is 0 Å². The van der Waals surface area contributed by atoms with Crippen molar-refractivity contribution in [3.05, 3.63) is 29.0 Å². The van der Waals surface area contributed by atoms with Crippen molar-refractivity contribution in [1.82, 2.24) is 0 Å². The van der Waals surface area contributed by atoms with Crippen LogP contribution >= 0.6 is 11.6 Å². The first-order valence-corrected chi connectivity index (χ1v) is 7.11. The summed E-state index contributed by atoms with van der Waals surface area (Å²) in [6, 6.07) is 4.17. The Labute approximate surface area is 99.5 Å². The molecule has 0 aliphatic rings. The van der Waals surface area contributed by atoms with Gasteiger partial charge in [0.1, 0.15) is 9.84 Å². The maximum Gasteiger partial charge on any atom is 0.164 e. The number of rotatable bonds is 4. The molecule has 0 aliphatic carbocycles. The van der Waals surface area contributed by atoms with E-state index in [1.54, 1.807) is 13.0 Å². The molecule has 1 unspecified atom stereocenters. The van der Waals surface area contributed by atoms with Gasteiger partial charge in [-0.25, -0.2) is 12.8 Å². The van der Waals surface area contributed by atoms with E-state index in [1.165, 1.54) is 12.1 Å². The number of anilines is 1. The van der Waals surface area contributed by atoms with Gasteiger partial charge in [-0.1, -0.05) is 17.7 Å². The maximum atomic E-state index is 13.5. The van der Waals surface area contributed by atoms with Gasteiger partial charge in [-0.05, 0) is 19.1 Å². The summed E-state index contributed by atoms with van der Waals surface area (Å²) in [5.41, 5.74) is 0.212. The first-order chi connectivity index (χ1) is 7.29. The molecular formula is C10H13ClFNO2S. The molecule has 0 amide bonds. The number of halogens is 2. The molecule has 3 nitrogen and oxygen atoms in total. The second-order valence-electron chi connectivity index (χ2n) is 3.74. The molecule has 0 aliphatic heterocycles. The zero-order valence-corrected chi connectivity index (χ0v) is 10.6. The fourth-order valence-corrected chi connectivity index (χ4v) is 2.54. The molecule has 0 radical (unpaired) electrons. The van der Waals surface area contributed by atoms with Crippen molar-refractivity contribution in [2.45, 2.75) is 13.0 Å². The van der Waals surface area contributed by atoms with Crippen LogP contribution in [0.3, 0.4) is 0 Å². The van der Waals surface area contributed by atoms with Crippen molar-refractivity contribution >= 4 is 27.1 Å². The Morgan fingerprint density at radius 1 is 1.50 bits per heavy atom. The maximum absolute atomic E-state index is 13.5. The van der Waals surface area contributed by atoms with Gasteiger partial charge >= 0.3 is 0 Å². The van der Waals surface area contributed by atoms with Gasteiger partial charge in [0.15, 0.2) is 5.82 Å². The Bertz CT molecular complexity index is 476. The second-order valence-corrected chi connectivity index (χ2v) is 6.33. The summed E-state index contributed by atoms with van der Waals surface area (Å²) in [6.45, 7) is 1.67. The van der Waals surface area contributed by atoms with Crippen LogP contribution in [-0.4, -0.2) is 26.5 Å². The van der Waals surface area contributed by atoms with E-state index in [0.29, 0.717) is 0 Å². The van der Waals surface area contributed by atoms with E-state index in [2.05, 4.69) is 5.32 Å². The highest BCUT2D eigenvalue weighted by molar-refractivity contribution is 7.90. The molecule has 0 saturated heterocycles. The van der Waals surface area contributed by atoms with Gasteiger partial charge in [0.05, 0.1) is 16.5 Å². The number of nitrogens with one attached hydrogen (secondary N) is 1. The molecule has 0 saturated carbocycles. The van der Waals surface area contributed by atoms with Gasteiger partial charge in [-0.15, -0.1) is 0 Å². The second kappa shape index (κ2) is 5.01. The van der Waals surface area contributed by atoms with Crippen LogP contribution in [0, 0.1) is 5.82 Å². The molecule has 1 aromatic rings. The summed E-state index contributed by atoms with van der Waals surface area (Å²) >= 11 is 5.60. The average molecular weight is 266 g/mol. The van der Waals surface area contributed by atoms with E-state index in [1.807, 2.05) is 0 Å². The minimum absolute atomic E-state index is 0.0107. The van der Waals surface area contributed by atoms with Gasteiger partial charge in [0.25, 0.3) is 0 Å². The van der Waals surface area contributed by atoms with Crippen molar-refractivity contribution in [3.8, 4) is 0 Å². The lowest BCUT2D eigenvalue weighted by Crippen LogP contribution is -2.25. The lowest BCUT2D eigenvalue weighted by Gasteiger charge is -2.15. The zero-order valence-electron chi connectivity index (χ0n) is 9.00. The van der Waals surface area contributed by atoms with Crippen molar-refractivity contribution in [2.24, 2.45) is 0 Å². The van der Waals surface area contributed by atoms with E-state index in [0.717, 1.165) is 6.26 Å². The largest absolute Gasteiger partial charge is 0.379 e. The van der Waals surface area contributed by atoms with Crippen molar-refractivity contribution < 1.29 is 12.8 Å². The Morgan fingerprint density at radius 2 is 2.12 bits per heavy atom. The Balaban J connectivity index is 2.77. The summed E-state index contributed by atoms with van der Waals surface area (Å²) in [6.07, 6.45) is 1.14. The topological polar surface area (TPSA) is 46.2 Å². The molecular weight excluding hydrogens is 253 g/mol. The molecule has 16 heavy (non-hydrogen) atoms. The quantitative estimate of drug-likeness (QED) is 0.909. The molecule has 0 spiro atoms. The van der Waals surface area contributed by atoms with E-state index in [9.17, 15) is 12.8 Å². The number of sulfone groups is 1. The number of benzene rings is 1. The van der Waals surface area contributed by atoms with Crippen LogP contribution in [0.4, 0.5) is 10.1 Å². The van der Waals surface area contributed by atoms with Crippen LogP contribution in [-0.2, 0) is 9.84 Å². The minimum Gasteiger partial charge on any atom is -0.379 e. The highest BCUT2D eigenvalue weighted by atomic mass is 35.5. The molecule has 90 valence electrons. The van der Waals surface area contributed by atoms with Crippen LogP contribution in [0.5, 0.6) is 0 Å². The normalized spacial score (nSPS) is 13.5. The van der Waals surface area contributed by atoms with Crippen LogP contribution in [0.2, 0.25) is 5.02 Å². The van der Waals surface area contributed by atoms with Crippen molar-refractivity contribution in [2.75, 3.05) is 17.3 Å². The van der Waals surface area contributed by atoms with E-state index < -0.39 is 15.7 Å². The summed E-state index contributed by atoms with van der Waals surface area (Å²) in [5, 5.41) is 2.78. The summed E-state index contributed by atoms with van der Waals surface area (Å²) in [7, 11) is -3.08. The summed E-state index contributed by atoms with van der Waals surface area (Å²) in [5.74, 6) is -0.622. The monoisotopic (exact) mass is 265 g/mol. The molecule has 1 rings (SSSR count). The van der Waals surface area contributed by atoms with Gasteiger partial charge in [-0.3, -0.25) is 0 Å². The van der Waals surface area contributed by atoms with E-state index >= 15 is 0 Å². The highest BCUT2D eigenvalue weighted by Gasteiger charge is 2.13. The highest BCUT2D eigenvalue weighted by Crippen LogP contribution is 2.22. The van der Waals surface area contributed by atoms with E-state index in [-0.39, 0.29) is 22.5 Å². The minimum atomic E-state index is -3.08. The van der Waals surface area contributed by atoms with Gasteiger partial charge in [-0.2, -0.15) is 0 Å². The molecule has 0 aromatic heterocycles. The van der Waals surface area contributed by atoms with Crippen molar-refractivity contribution in [3.63, 3.8) is 0 Å². The number of hydrogen-bond acceptors (Lipinski definition) is 3. The summed E-state index contributed by atoms with van der Waals surface area (Å²) < 4.78 is 35.5. The lowest BCUT2D eigenvalue weighted by molar-refractivity contribution is 0.596. The fraction of sp³-hybridized carbons (Fsp3) is 0.400. The van der Waals surface area contributed by atoms with Crippen molar-refractivity contribution in [1.29, 1.82) is 0 Å². The average Bonchev–Trinajstić information content (AvgIpc) is 2.09. The zero-order chi connectivity index (χ0) is 12.3. The smallest absolute Gasteiger partial charge is 0.164 e. The van der Waals surface area contributed by atoms with Crippen LogP contribution < -0.4 is 5.32 Å². The molecule has 6 heteroatoms. The fourth-order valence-electron chi connectivity index (χ4n) is 1.38. The molecule has 0 heterocycles. The van der Waals surface area contributed by atoms with Crippen LogP contribution in [0.15, 0.2) is 18.2 Å². The Morgan fingerprint density at radius 3 is 2.69 bits per heavy atom. The molecule has 1 atom stereocenters. The predicted molar refractivity (Wildman–Crippen MR) is 64.2 cm³/mol. The Kier molecular flexibility index (Phi) is 4.15. The predicted octanol–water partition coefficient (Wildman–Crippen LogP) is 2.32. The summed E-state index contributed by atoms with van der Waals surface area (Å²) in [4.78, 5) is 0. The lowest BCUT2D eigenvalue weighted by atomic mass is 10.2. The molecule has 1 aromatic carbocycles. The number of hydrogen-bond donors (Lipinski definition) is 1. The molecule has 0 bridgehead atoms. The third kappa shape index (κ3) is 3.98. The molecule has 0 fully saturated rings. The van der Waals surface area contributed by atoms with Gasteiger partial charge < -0.3 is 5.32 Å². The SMILES string of the molecule is CC(CS(C)(=O)=O)Nc1cccc(Cl)c1F. The van der Waals surface area contributed by atoms with E-state index in [4.69, 9.17) is 11.6 Å². The van der Waals surface area contributed by atoms with Crippen LogP contribution in [0.1, 0.15) is 6.92 Å². The Hall–Kier alpha value is -0.810. The van der Waals surface area contributed by atoms with Gasteiger partial charge in [0, 0.05) is 12.3 Å². The third-order valence-corrected chi connectivity index (χ3v) is 3.30. The first-order valence-electron chi connectivity index (χ1n) is 4.68. The first kappa shape index (κ1) is 13.3. The molecule has 1 N–H and O–H groups in total.